The van der Waals surface area contributed by atoms with Crippen LogP contribution in [-0.4, -0.2) is 34.8 Å². The highest BCUT2D eigenvalue weighted by molar-refractivity contribution is 9.11. The molecule has 0 spiro atoms. The molecule has 4 amide bonds. The predicted molar refractivity (Wildman–Crippen MR) is 141 cm³/mol. The van der Waals surface area contributed by atoms with Crippen molar-refractivity contribution in [1.29, 1.82) is 0 Å². The number of barbiturate groups is 1. The fourth-order valence-corrected chi connectivity index (χ4v) is 7.08. The smallest absolute Gasteiger partial charge is 0.345 e. The quantitative estimate of drug-likeness (QED) is 0.178. The van der Waals surface area contributed by atoms with Crippen molar-refractivity contribution in [2.45, 2.75) is 31.7 Å². The van der Waals surface area contributed by atoms with E-state index in [0.29, 0.717) is 19.9 Å². The predicted octanol–water partition coefficient (Wildman–Crippen LogP) is 6.39. The van der Waals surface area contributed by atoms with Gasteiger partial charge in [0, 0.05) is 21.1 Å². The molecule has 11 heteroatoms. The first-order valence-corrected chi connectivity index (χ1v) is 13.5. The minimum absolute atomic E-state index is 0.0747. The number of nitrogens with one attached hydrogen (secondary N) is 1. The molecule has 1 aliphatic heterocycles. The van der Waals surface area contributed by atoms with E-state index in [1.807, 2.05) is 0 Å². The molecule has 5 rings (SSSR count). The van der Waals surface area contributed by atoms with Crippen LogP contribution in [0.5, 0.6) is 5.75 Å². The summed E-state index contributed by atoms with van der Waals surface area (Å²) < 4.78 is 6.64. The monoisotopic (exact) mass is 654 g/mol. The lowest BCUT2D eigenvalue weighted by Crippen LogP contribution is -2.58. The van der Waals surface area contributed by atoms with Crippen LogP contribution in [0.3, 0.4) is 0 Å². The summed E-state index contributed by atoms with van der Waals surface area (Å²) in [6, 6.07) is 6.70. The molecule has 186 valence electrons. The molecule has 2 aromatic carbocycles. The number of amides is 4. The van der Waals surface area contributed by atoms with Gasteiger partial charge in [-0.05, 0) is 83.4 Å². The summed E-state index contributed by atoms with van der Waals surface area (Å²) in [4.78, 5) is 52.9. The Hall–Kier alpha value is -2.20. The Morgan fingerprint density at radius 1 is 1.08 bits per heavy atom. The van der Waals surface area contributed by atoms with Gasteiger partial charge in [0.1, 0.15) is 5.57 Å². The Labute approximate surface area is 233 Å². The lowest BCUT2D eigenvalue weighted by molar-refractivity contribution is -0.132. The molecule has 2 bridgehead atoms. The number of benzene rings is 2. The number of hydrogen-bond acceptors (Lipinski definition) is 5. The average molecular weight is 657 g/mol. The van der Waals surface area contributed by atoms with Crippen molar-refractivity contribution in [2.24, 2.45) is 11.8 Å². The number of urea groups is 1. The third-order valence-corrected chi connectivity index (χ3v) is 8.44. The first kappa shape index (κ1) is 25.4. The van der Waals surface area contributed by atoms with Gasteiger partial charge in [-0.1, -0.05) is 45.6 Å². The van der Waals surface area contributed by atoms with Crippen molar-refractivity contribution in [2.75, 3.05) is 0 Å². The number of rotatable bonds is 4. The zero-order valence-electron chi connectivity index (χ0n) is 18.5. The normalized spacial score (nSPS) is 24.4. The SMILES string of the molecule is O=C1NC(=O)N([C@@H]2C[C@H]3CC[C@H]2C3)C(=O)/C1=C\c1cc(Br)cc(Br)c1OC(=O)c1ccc(Cl)cc1Cl. The first-order valence-electron chi connectivity index (χ1n) is 11.2. The molecule has 0 aromatic heterocycles. The lowest BCUT2D eigenvalue weighted by Gasteiger charge is -2.35. The standard InChI is InChI=1S/C25H18Br2Cl2N2O5/c26-14-7-13(21(18(27)9-14)36-24(34)16-4-3-15(28)10-19(16)29)8-17-22(32)30-25(35)31(23(17)33)20-6-11-1-2-12(20)5-11/h3-4,7-12,20H,1-2,5-6H2,(H,30,32,35)/b17-8-/t11-,12-,20+/m0/s1. The van der Waals surface area contributed by atoms with Gasteiger partial charge in [-0.3, -0.25) is 19.8 Å². The van der Waals surface area contributed by atoms with Gasteiger partial charge >= 0.3 is 12.0 Å². The maximum Gasteiger partial charge on any atom is 0.345 e. The molecular weight excluding hydrogens is 639 g/mol. The molecule has 3 fully saturated rings. The highest BCUT2D eigenvalue weighted by Gasteiger charge is 2.49. The number of carbonyl (C=O) groups excluding carboxylic acids is 4. The van der Waals surface area contributed by atoms with Gasteiger partial charge in [-0.25, -0.2) is 9.59 Å². The average Bonchev–Trinajstić information content (AvgIpc) is 3.42. The minimum Gasteiger partial charge on any atom is -0.421 e. The lowest BCUT2D eigenvalue weighted by atomic mass is 9.93. The van der Waals surface area contributed by atoms with E-state index in [0.717, 1.165) is 25.7 Å². The van der Waals surface area contributed by atoms with Gasteiger partial charge < -0.3 is 4.74 Å². The number of esters is 1. The van der Waals surface area contributed by atoms with E-state index in [4.69, 9.17) is 27.9 Å². The van der Waals surface area contributed by atoms with Crippen molar-refractivity contribution < 1.29 is 23.9 Å². The van der Waals surface area contributed by atoms with Crippen LogP contribution >= 0.6 is 55.1 Å². The highest BCUT2D eigenvalue weighted by Crippen LogP contribution is 2.47. The molecule has 1 N–H and O–H groups in total. The summed E-state index contributed by atoms with van der Waals surface area (Å²) in [5.41, 5.74) is 0.147. The first-order chi connectivity index (χ1) is 17.1. The van der Waals surface area contributed by atoms with E-state index in [1.54, 1.807) is 12.1 Å². The molecule has 36 heavy (non-hydrogen) atoms. The summed E-state index contributed by atoms with van der Waals surface area (Å²) in [5.74, 6) is -1.39. The van der Waals surface area contributed by atoms with Crippen molar-refractivity contribution >= 4 is 85.0 Å². The summed E-state index contributed by atoms with van der Waals surface area (Å²) >= 11 is 18.8. The Kier molecular flexibility index (Phi) is 7.02. The molecule has 7 nitrogen and oxygen atoms in total. The number of nitrogens with zero attached hydrogens (tertiary/aromatic N) is 1. The van der Waals surface area contributed by atoms with Gasteiger partial charge in [-0.2, -0.15) is 0 Å². The van der Waals surface area contributed by atoms with Crippen LogP contribution in [0.2, 0.25) is 10.0 Å². The molecule has 3 aliphatic rings. The fourth-order valence-electron chi connectivity index (χ4n) is 5.25. The largest absolute Gasteiger partial charge is 0.421 e. The molecule has 1 saturated heterocycles. The van der Waals surface area contributed by atoms with Crippen molar-refractivity contribution in [3.63, 3.8) is 0 Å². The molecule has 2 aromatic rings. The summed E-state index contributed by atoms with van der Waals surface area (Å²) in [5, 5.41) is 2.77. The number of imide groups is 2. The Morgan fingerprint density at radius 2 is 1.86 bits per heavy atom. The van der Waals surface area contributed by atoms with Gasteiger partial charge in [0.05, 0.1) is 15.1 Å². The molecule has 2 saturated carbocycles. The molecule has 1 heterocycles. The highest BCUT2D eigenvalue weighted by atomic mass is 79.9. The Bertz CT molecular complexity index is 1360. The van der Waals surface area contributed by atoms with Gasteiger partial charge in [0.2, 0.25) is 0 Å². The topological polar surface area (TPSA) is 92.8 Å². The zero-order valence-corrected chi connectivity index (χ0v) is 23.2. The number of hydrogen-bond donors (Lipinski definition) is 1. The maximum absolute atomic E-state index is 13.4. The molecule has 0 unspecified atom stereocenters. The van der Waals surface area contributed by atoms with E-state index in [-0.39, 0.29) is 39.4 Å². The van der Waals surface area contributed by atoms with Crippen LogP contribution in [0.15, 0.2) is 44.9 Å². The van der Waals surface area contributed by atoms with Crippen LogP contribution in [0.25, 0.3) is 6.08 Å². The zero-order chi connectivity index (χ0) is 25.7. The van der Waals surface area contributed by atoms with Crippen LogP contribution < -0.4 is 10.1 Å². The van der Waals surface area contributed by atoms with E-state index < -0.39 is 23.8 Å². The second-order valence-corrected chi connectivity index (χ2v) is 11.7. The van der Waals surface area contributed by atoms with E-state index in [2.05, 4.69) is 37.2 Å². The van der Waals surface area contributed by atoms with Crippen LogP contribution in [0, 0.1) is 11.8 Å². The van der Waals surface area contributed by atoms with E-state index >= 15 is 0 Å². The molecule has 2 aliphatic carbocycles. The van der Waals surface area contributed by atoms with Crippen molar-refractivity contribution in [3.05, 3.63) is 66.0 Å². The molecular formula is C25H18Br2Cl2N2O5. The molecule has 3 atom stereocenters. The Balaban J connectivity index is 1.50. The van der Waals surface area contributed by atoms with Crippen molar-refractivity contribution in [3.8, 4) is 5.75 Å². The van der Waals surface area contributed by atoms with Crippen LogP contribution in [0.4, 0.5) is 4.79 Å². The minimum atomic E-state index is -0.807. The van der Waals surface area contributed by atoms with Gasteiger partial charge in [0.25, 0.3) is 11.8 Å². The summed E-state index contributed by atoms with van der Waals surface area (Å²) in [6.07, 6.45) is 5.13. The summed E-state index contributed by atoms with van der Waals surface area (Å²) in [6.45, 7) is 0. The van der Waals surface area contributed by atoms with Crippen LogP contribution in [-0.2, 0) is 9.59 Å². The van der Waals surface area contributed by atoms with Crippen LogP contribution in [0.1, 0.15) is 41.6 Å². The summed E-state index contributed by atoms with van der Waals surface area (Å²) in [7, 11) is 0. The number of ether oxygens (including phenoxy) is 1. The third-order valence-electron chi connectivity index (χ3n) is 6.85. The Morgan fingerprint density at radius 3 is 2.53 bits per heavy atom. The number of carbonyl (C=O) groups is 4. The number of halogens is 4. The maximum atomic E-state index is 13.4. The van der Waals surface area contributed by atoms with Crippen molar-refractivity contribution in [1.82, 2.24) is 10.2 Å². The fraction of sp³-hybridized carbons (Fsp3) is 0.280. The molecule has 0 radical (unpaired) electrons. The van der Waals surface area contributed by atoms with E-state index in [1.165, 1.54) is 29.2 Å². The third kappa shape index (κ3) is 4.74. The van der Waals surface area contributed by atoms with Gasteiger partial charge in [0.15, 0.2) is 5.75 Å². The van der Waals surface area contributed by atoms with Gasteiger partial charge in [-0.15, -0.1) is 0 Å². The second kappa shape index (κ2) is 9.93. The van der Waals surface area contributed by atoms with E-state index in [9.17, 15) is 19.2 Å². The number of fused-ring (bicyclic) bond motifs is 2. The second-order valence-electron chi connectivity index (χ2n) is 9.05.